The molecular weight excluding hydrogens is 346 g/mol. The second-order valence-corrected chi connectivity index (χ2v) is 7.64. The van der Waals surface area contributed by atoms with Crippen molar-refractivity contribution in [2.75, 3.05) is 18.4 Å². The van der Waals surface area contributed by atoms with Gasteiger partial charge in [-0.1, -0.05) is 43.2 Å². The molecule has 4 nitrogen and oxygen atoms in total. The summed E-state index contributed by atoms with van der Waals surface area (Å²) in [6.07, 6.45) is 4.95. The number of amides is 1. The van der Waals surface area contributed by atoms with E-state index in [4.69, 9.17) is 0 Å². The van der Waals surface area contributed by atoms with Crippen LogP contribution in [0.1, 0.15) is 49.9 Å². The number of carbonyl (C=O) groups is 1. The van der Waals surface area contributed by atoms with Crippen molar-refractivity contribution in [1.29, 1.82) is 0 Å². The summed E-state index contributed by atoms with van der Waals surface area (Å²) in [5.74, 6) is 0.101. The van der Waals surface area contributed by atoms with Crippen LogP contribution in [0.15, 0.2) is 48.5 Å². The minimum Gasteiger partial charge on any atom is -0.381 e. The lowest BCUT2D eigenvalue weighted by Crippen LogP contribution is -2.30. The van der Waals surface area contributed by atoms with E-state index in [2.05, 4.69) is 28.5 Å². The minimum atomic E-state index is 0.101. The summed E-state index contributed by atoms with van der Waals surface area (Å²) in [5.41, 5.74) is 5.12. The highest BCUT2D eigenvalue weighted by Crippen LogP contribution is 2.33. The third kappa shape index (κ3) is 3.64. The van der Waals surface area contributed by atoms with E-state index in [0.29, 0.717) is 6.04 Å². The second-order valence-electron chi connectivity index (χ2n) is 7.64. The zero-order valence-electron chi connectivity index (χ0n) is 16.8. The van der Waals surface area contributed by atoms with Crippen LogP contribution in [0.4, 0.5) is 5.69 Å². The van der Waals surface area contributed by atoms with Crippen molar-refractivity contribution in [2.45, 2.75) is 45.6 Å². The molecule has 3 aromatic rings. The molecule has 1 amide bonds. The summed E-state index contributed by atoms with van der Waals surface area (Å²) in [4.78, 5) is 18.5. The molecule has 1 heterocycles. The minimum absolute atomic E-state index is 0.101. The molecule has 4 rings (SSSR count). The number of hydrogen-bond acceptors (Lipinski definition) is 2. The molecule has 0 bridgehead atoms. The lowest BCUT2D eigenvalue weighted by atomic mass is 10.1. The molecule has 0 saturated heterocycles. The summed E-state index contributed by atoms with van der Waals surface area (Å²) in [6, 6.07) is 17.1. The Bertz CT molecular complexity index is 951. The van der Waals surface area contributed by atoms with Gasteiger partial charge in [0.15, 0.2) is 0 Å². The number of fused-ring (bicyclic) bond motifs is 1. The number of carbonyl (C=O) groups excluding carboxylic acids is 1. The van der Waals surface area contributed by atoms with Crippen LogP contribution in [0, 0.1) is 0 Å². The van der Waals surface area contributed by atoms with Crippen molar-refractivity contribution in [1.82, 2.24) is 9.88 Å². The van der Waals surface area contributed by atoms with Gasteiger partial charge in [-0.2, -0.15) is 0 Å². The monoisotopic (exact) mass is 375 g/mol. The molecule has 0 atom stereocenters. The number of aromatic amines is 1. The molecule has 1 saturated carbocycles. The number of hydrogen-bond donors (Lipinski definition) is 2. The Balaban J connectivity index is 1.79. The Morgan fingerprint density at radius 2 is 1.79 bits per heavy atom. The van der Waals surface area contributed by atoms with E-state index in [9.17, 15) is 4.79 Å². The van der Waals surface area contributed by atoms with Gasteiger partial charge in [-0.25, -0.2) is 0 Å². The summed E-state index contributed by atoms with van der Waals surface area (Å²) in [6.45, 7) is 5.51. The number of nitrogens with one attached hydrogen (secondary N) is 2. The van der Waals surface area contributed by atoms with Crippen molar-refractivity contribution in [3.8, 4) is 11.3 Å². The van der Waals surface area contributed by atoms with Gasteiger partial charge in [0.05, 0.1) is 11.2 Å². The van der Waals surface area contributed by atoms with Gasteiger partial charge in [-0.3, -0.25) is 4.79 Å². The van der Waals surface area contributed by atoms with Gasteiger partial charge < -0.3 is 15.2 Å². The largest absolute Gasteiger partial charge is 0.381 e. The smallest absolute Gasteiger partial charge is 0.253 e. The van der Waals surface area contributed by atoms with Crippen molar-refractivity contribution >= 4 is 22.5 Å². The third-order valence-electron chi connectivity index (χ3n) is 5.83. The van der Waals surface area contributed by atoms with E-state index in [-0.39, 0.29) is 5.91 Å². The van der Waals surface area contributed by atoms with E-state index in [1.165, 1.54) is 25.7 Å². The van der Waals surface area contributed by atoms with Crippen molar-refractivity contribution in [2.24, 2.45) is 0 Å². The first kappa shape index (κ1) is 18.6. The summed E-state index contributed by atoms with van der Waals surface area (Å²) < 4.78 is 0. The Morgan fingerprint density at radius 3 is 2.46 bits per heavy atom. The predicted molar refractivity (Wildman–Crippen MR) is 117 cm³/mol. The van der Waals surface area contributed by atoms with Crippen LogP contribution < -0.4 is 5.32 Å². The highest BCUT2D eigenvalue weighted by Gasteiger charge is 2.20. The Labute approximate surface area is 166 Å². The third-order valence-corrected chi connectivity index (χ3v) is 5.83. The Morgan fingerprint density at radius 1 is 1.07 bits per heavy atom. The molecule has 0 spiro atoms. The van der Waals surface area contributed by atoms with Crippen molar-refractivity contribution < 1.29 is 4.79 Å². The van der Waals surface area contributed by atoms with Crippen LogP contribution >= 0.6 is 0 Å². The number of H-pyrrole nitrogens is 1. The molecule has 1 aromatic heterocycles. The number of aromatic nitrogens is 1. The van der Waals surface area contributed by atoms with Crippen LogP contribution in [0.2, 0.25) is 0 Å². The Hall–Kier alpha value is -2.75. The quantitative estimate of drug-likeness (QED) is 0.583. The normalized spacial score (nSPS) is 14.5. The number of benzene rings is 2. The van der Waals surface area contributed by atoms with Gasteiger partial charge in [-0.15, -0.1) is 0 Å². The highest BCUT2D eigenvalue weighted by atomic mass is 16.2. The van der Waals surface area contributed by atoms with Gasteiger partial charge in [0.2, 0.25) is 0 Å². The fraction of sp³-hybridized carbons (Fsp3) is 0.375. The molecule has 0 radical (unpaired) electrons. The molecule has 1 aliphatic rings. The summed E-state index contributed by atoms with van der Waals surface area (Å²) >= 11 is 0. The van der Waals surface area contributed by atoms with Crippen LogP contribution in [-0.2, 0) is 0 Å². The predicted octanol–water partition coefficient (Wildman–Crippen LogP) is 5.67. The molecule has 2 aromatic carbocycles. The maximum absolute atomic E-state index is 13.0. The molecule has 2 N–H and O–H groups in total. The van der Waals surface area contributed by atoms with Crippen LogP contribution in [0.5, 0.6) is 0 Å². The standard InChI is InChI=1S/C24H29N3O/c1-3-27(4-2)24(28)19-14-18-15-21(17-10-6-5-7-11-17)26-23(18)22(16-19)25-20-12-8-9-13-20/h5-7,10-11,14-16,20,25-26H,3-4,8-9,12-13H2,1-2H3. The van der Waals surface area contributed by atoms with Crippen LogP contribution in [0.25, 0.3) is 22.2 Å². The topological polar surface area (TPSA) is 48.1 Å². The zero-order chi connectivity index (χ0) is 19.5. The molecular formula is C24H29N3O. The summed E-state index contributed by atoms with van der Waals surface area (Å²) in [7, 11) is 0. The first-order chi connectivity index (χ1) is 13.7. The molecule has 1 fully saturated rings. The lowest BCUT2D eigenvalue weighted by Gasteiger charge is -2.20. The first-order valence-electron chi connectivity index (χ1n) is 10.5. The lowest BCUT2D eigenvalue weighted by molar-refractivity contribution is 0.0773. The van der Waals surface area contributed by atoms with Crippen LogP contribution in [0.3, 0.4) is 0 Å². The number of nitrogens with zero attached hydrogens (tertiary/aromatic N) is 1. The van der Waals surface area contributed by atoms with E-state index in [1.807, 2.05) is 49.1 Å². The van der Waals surface area contributed by atoms with E-state index >= 15 is 0 Å². The van der Waals surface area contributed by atoms with Gasteiger partial charge in [0.25, 0.3) is 5.91 Å². The molecule has 4 heteroatoms. The SMILES string of the molecule is CCN(CC)C(=O)c1cc(NC2CCCC2)c2[nH]c(-c3ccccc3)cc2c1. The van der Waals surface area contributed by atoms with Gasteiger partial charge >= 0.3 is 0 Å². The fourth-order valence-electron chi connectivity index (χ4n) is 4.24. The molecule has 1 aliphatic carbocycles. The Kier molecular flexibility index (Phi) is 5.38. The van der Waals surface area contributed by atoms with Gasteiger partial charge in [0.1, 0.15) is 0 Å². The molecule has 0 unspecified atom stereocenters. The van der Waals surface area contributed by atoms with Crippen molar-refractivity contribution in [3.05, 3.63) is 54.1 Å². The van der Waals surface area contributed by atoms with E-state index in [1.54, 1.807) is 0 Å². The molecule has 28 heavy (non-hydrogen) atoms. The van der Waals surface area contributed by atoms with Gasteiger partial charge in [0, 0.05) is 35.8 Å². The fourth-order valence-corrected chi connectivity index (χ4v) is 4.24. The first-order valence-corrected chi connectivity index (χ1v) is 10.5. The summed E-state index contributed by atoms with van der Waals surface area (Å²) in [5, 5.41) is 4.80. The number of anilines is 1. The van der Waals surface area contributed by atoms with E-state index in [0.717, 1.165) is 46.5 Å². The highest BCUT2D eigenvalue weighted by molar-refractivity contribution is 6.03. The second kappa shape index (κ2) is 8.09. The zero-order valence-corrected chi connectivity index (χ0v) is 16.8. The average molecular weight is 376 g/mol. The molecule has 146 valence electrons. The van der Waals surface area contributed by atoms with Crippen LogP contribution in [-0.4, -0.2) is 34.9 Å². The maximum Gasteiger partial charge on any atom is 0.253 e. The van der Waals surface area contributed by atoms with E-state index < -0.39 is 0 Å². The average Bonchev–Trinajstić information content (AvgIpc) is 3.39. The van der Waals surface area contributed by atoms with Gasteiger partial charge in [-0.05, 0) is 50.5 Å². The number of rotatable bonds is 6. The molecule has 0 aliphatic heterocycles. The maximum atomic E-state index is 13.0. The van der Waals surface area contributed by atoms with Crippen molar-refractivity contribution in [3.63, 3.8) is 0 Å².